The van der Waals surface area contributed by atoms with Crippen molar-refractivity contribution in [1.29, 1.82) is 0 Å². The number of unbranched alkanes of at least 4 members (excludes halogenated alkanes) is 12. The van der Waals surface area contributed by atoms with Crippen LogP contribution in [0, 0.1) is 17.3 Å². The maximum absolute atomic E-state index is 11.1. The van der Waals surface area contributed by atoms with Crippen LogP contribution in [0.25, 0.3) is 0 Å². The summed E-state index contributed by atoms with van der Waals surface area (Å²) in [5.74, 6) is -0.651. The Morgan fingerprint density at radius 3 is 1.06 bits per heavy atom. The maximum Gasteiger partial charge on any atom is 0.293 e. The van der Waals surface area contributed by atoms with Crippen LogP contribution in [0.4, 0.5) is 0 Å². The maximum atomic E-state index is 11.1. The van der Waals surface area contributed by atoms with Crippen molar-refractivity contribution in [2.45, 2.75) is 136 Å². The van der Waals surface area contributed by atoms with E-state index in [9.17, 15) is 20.4 Å². The second-order valence-electron chi connectivity index (χ2n) is 11.3. The SMILES string of the molecule is CC(C)CCCCCCCCCOC(O)(OCCCCCCCCCC(C)C)C(CO)(CO)CO. The molecule has 0 aromatic heterocycles. The molecule has 0 saturated carbocycles. The minimum absolute atomic E-state index is 0.252. The van der Waals surface area contributed by atoms with Crippen molar-refractivity contribution in [3.05, 3.63) is 0 Å². The van der Waals surface area contributed by atoms with Gasteiger partial charge in [0.1, 0.15) is 5.41 Å². The average molecular weight is 505 g/mol. The van der Waals surface area contributed by atoms with Crippen molar-refractivity contribution in [3.8, 4) is 0 Å². The number of aliphatic hydroxyl groups excluding tert-OH is 3. The predicted octanol–water partition coefficient (Wildman–Crippen LogP) is 6.18. The third kappa shape index (κ3) is 16.3. The van der Waals surface area contributed by atoms with E-state index in [0.29, 0.717) is 0 Å². The van der Waals surface area contributed by atoms with Gasteiger partial charge in [0.15, 0.2) is 0 Å². The summed E-state index contributed by atoms with van der Waals surface area (Å²) in [5.41, 5.74) is -1.67. The molecule has 0 fully saturated rings. The molecule has 35 heavy (non-hydrogen) atoms. The van der Waals surface area contributed by atoms with Crippen molar-refractivity contribution >= 4 is 0 Å². The van der Waals surface area contributed by atoms with E-state index in [2.05, 4.69) is 27.7 Å². The van der Waals surface area contributed by atoms with Crippen LogP contribution in [0.1, 0.15) is 130 Å². The van der Waals surface area contributed by atoms with E-state index < -0.39 is 31.2 Å². The minimum atomic E-state index is -2.21. The molecule has 0 aromatic rings. The van der Waals surface area contributed by atoms with E-state index in [-0.39, 0.29) is 13.2 Å². The highest BCUT2D eigenvalue weighted by molar-refractivity contribution is 4.86. The number of hydrogen-bond donors (Lipinski definition) is 4. The van der Waals surface area contributed by atoms with Gasteiger partial charge < -0.3 is 29.9 Å². The molecule has 0 amide bonds. The van der Waals surface area contributed by atoms with E-state index in [1.165, 1.54) is 64.2 Å². The topological polar surface area (TPSA) is 99.4 Å². The van der Waals surface area contributed by atoms with Crippen LogP contribution in [0.3, 0.4) is 0 Å². The molecule has 0 aliphatic heterocycles. The van der Waals surface area contributed by atoms with Gasteiger partial charge >= 0.3 is 0 Å². The van der Waals surface area contributed by atoms with E-state index in [0.717, 1.165) is 50.4 Å². The molecule has 0 bridgehead atoms. The van der Waals surface area contributed by atoms with E-state index in [1.54, 1.807) is 0 Å². The molecule has 0 aliphatic carbocycles. The molecule has 6 nitrogen and oxygen atoms in total. The first kappa shape index (κ1) is 34.8. The first-order valence-electron chi connectivity index (χ1n) is 14.6. The number of rotatable bonds is 26. The van der Waals surface area contributed by atoms with Gasteiger partial charge in [-0.15, -0.1) is 0 Å². The number of aliphatic hydroxyl groups is 4. The molecule has 4 N–H and O–H groups in total. The number of ether oxygens (including phenoxy) is 2. The fraction of sp³-hybridized carbons (Fsp3) is 1.00. The zero-order valence-corrected chi connectivity index (χ0v) is 23.6. The summed E-state index contributed by atoms with van der Waals surface area (Å²) in [6.45, 7) is 7.66. The van der Waals surface area contributed by atoms with Gasteiger partial charge in [-0.05, 0) is 24.7 Å². The third-order valence-corrected chi connectivity index (χ3v) is 7.03. The fourth-order valence-corrected chi connectivity index (χ4v) is 4.30. The molecule has 0 atom stereocenters. The highest BCUT2D eigenvalue weighted by Crippen LogP contribution is 2.34. The van der Waals surface area contributed by atoms with E-state index >= 15 is 0 Å². The quantitative estimate of drug-likeness (QED) is 0.0829. The van der Waals surface area contributed by atoms with E-state index in [4.69, 9.17) is 9.47 Å². The third-order valence-electron chi connectivity index (χ3n) is 7.03. The molecular weight excluding hydrogens is 444 g/mol. The van der Waals surface area contributed by atoms with Gasteiger partial charge in [0.2, 0.25) is 0 Å². The molecule has 0 radical (unpaired) electrons. The van der Waals surface area contributed by atoms with Crippen LogP contribution in [0.15, 0.2) is 0 Å². The Labute approximate surface area is 216 Å². The normalized spacial score (nSPS) is 12.9. The van der Waals surface area contributed by atoms with Crippen LogP contribution >= 0.6 is 0 Å². The second kappa shape index (κ2) is 21.8. The Hall–Kier alpha value is -0.240. The summed E-state index contributed by atoms with van der Waals surface area (Å²) in [6.07, 6.45) is 18.4. The van der Waals surface area contributed by atoms with Gasteiger partial charge in [-0.2, -0.15) is 0 Å². The van der Waals surface area contributed by atoms with Gasteiger partial charge in [-0.3, -0.25) is 0 Å². The van der Waals surface area contributed by atoms with Crippen LogP contribution < -0.4 is 0 Å². The largest absolute Gasteiger partial charge is 0.395 e. The minimum Gasteiger partial charge on any atom is -0.395 e. The highest BCUT2D eigenvalue weighted by atomic mass is 16.8. The summed E-state index contributed by atoms with van der Waals surface area (Å²) >= 11 is 0. The average Bonchev–Trinajstić information content (AvgIpc) is 2.82. The second-order valence-corrected chi connectivity index (χ2v) is 11.3. The Kier molecular flexibility index (Phi) is 21.7. The van der Waals surface area contributed by atoms with Crippen LogP contribution in [-0.2, 0) is 9.47 Å². The molecule has 0 heterocycles. The lowest BCUT2D eigenvalue weighted by molar-refractivity contribution is -0.426. The molecule has 6 heteroatoms. The Morgan fingerprint density at radius 2 is 0.771 bits per heavy atom. The molecule has 212 valence electrons. The van der Waals surface area contributed by atoms with Crippen molar-refractivity contribution in [3.63, 3.8) is 0 Å². The highest BCUT2D eigenvalue weighted by Gasteiger charge is 2.53. The van der Waals surface area contributed by atoms with Gasteiger partial charge in [0.05, 0.1) is 33.0 Å². The summed E-state index contributed by atoms with van der Waals surface area (Å²) in [6, 6.07) is 0. The zero-order valence-electron chi connectivity index (χ0n) is 23.6. The first-order chi connectivity index (χ1) is 16.8. The summed E-state index contributed by atoms with van der Waals surface area (Å²) < 4.78 is 11.4. The van der Waals surface area contributed by atoms with Crippen molar-refractivity contribution in [2.75, 3.05) is 33.0 Å². The smallest absolute Gasteiger partial charge is 0.293 e. The monoisotopic (exact) mass is 504 g/mol. The number of hydrogen-bond acceptors (Lipinski definition) is 6. The van der Waals surface area contributed by atoms with Gasteiger partial charge in [-0.25, -0.2) is 0 Å². The Bertz CT molecular complexity index is 414. The lowest BCUT2D eigenvalue weighted by atomic mass is 9.87. The van der Waals surface area contributed by atoms with Gasteiger partial charge in [-0.1, -0.05) is 118 Å². The molecule has 0 rings (SSSR count). The fourth-order valence-electron chi connectivity index (χ4n) is 4.30. The van der Waals surface area contributed by atoms with Crippen molar-refractivity contribution in [2.24, 2.45) is 17.3 Å². The molecule has 0 spiro atoms. The van der Waals surface area contributed by atoms with Crippen LogP contribution in [0.5, 0.6) is 0 Å². The lowest BCUT2D eigenvalue weighted by Crippen LogP contribution is -2.59. The van der Waals surface area contributed by atoms with Crippen LogP contribution in [0.2, 0.25) is 0 Å². The predicted molar refractivity (Wildman–Crippen MR) is 144 cm³/mol. The van der Waals surface area contributed by atoms with Crippen molar-refractivity contribution in [1.82, 2.24) is 0 Å². The Balaban J connectivity index is 4.25. The summed E-state index contributed by atoms with van der Waals surface area (Å²) in [4.78, 5) is 0. The zero-order chi connectivity index (χ0) is 26.4. The molecular formula is C29H60O6. The summed E-state index contributed by atoms with van der Waals surface area (Å²) in [7, 11) is 0. The molecule has 0 aliphatic rings. The molecule has 0 aromatic carbocycles. The van der Waals surface area contributed by atoms with Gasteiger partial charge in [0.25, 0.3) is 5.97 Å². The van der Waals surface area contributed by atoms with E-state index in [1.807, 2.05) is 0 Å². The first-order valence-corrected chi connectivity index (χ1v) is 14.6. The standard InChI is InChI=1S/C29H60O6/c1-26(2)19-15-11-7-5-9-13-17-21-34-29(33,28(23-30,24-31)25-32)35-22-18-14-10-6-8-12-16-20-27(3)4/h26-27,30-33H,5-25H2,1-4H3. The molecule has 0 unspecified atom stereocenters. The lowest BCUT2D eigenvalue weighted by Gasteiger charge is -2.42. The van der Waals surface area contributed by atoms with Crippen LogP contribution in [-0.4, -0.2) is 59.4 Å². The summed E-state index contributed by atoms with van der Waals surface area (Å²) in [5, 5.41) is 40.6. The Morgan fingerprint density at radius 1 is 0.486 bits per heavy atom. The van der Waals surface area contributed by atoms with Crippen molar-refractivity contribution < 1.29 is 29.9 Å². The molecule has 0 saturated heterocycles. The van der Waals surface area contributed by atoms with Gasteiger partial charge in [0, 0.05) is 0 Å².